The van der Waals surface area contributed by atoms with Crippen LogP contribution in [0.2, 0.25) is 0 Å². The topological polar surface area (TPSA) is 146 Å². The van der Waals surface area contributed by atoms with Crippen molar-refractivity contribution in [2.45, 2.75) is 64.5 Å². The molecule has 2 atom stereocenters. The number of aromatic nitrogens is 2. The van der Waals surface area contributed by atoms with E-state index in [4.69, 9.17) is 19.7 Å². The van der Waals surface area contributed by atoms with Crippen molar-refractivity contribution in [1.29, 1.82) is 0 Å². The molecule has 0 amide bonds. The molecule has 174 valence electrons. The second-order valence-corrected chi connectivity index (χ2v) is 8.88. The molecule has 1 unspecified atom stereocenters. The number of unbranched alkanes of at least 4 members (excludes halogenated alkanes) is 5. The van der Waals surface area contributed by atoms with Crippen molar-refractivity contribution in [1.82, 2.24) is 9.55 Å². The van der Waals surface area contributed by atoms with Gasteiger partial charge in [-0.1, -0.05) is 39.0 Å². The number of aliphatic hydroxyl groups is 1. The van der Waals surface area contributed by atoms with Gasteiger partial charge in [-0.3, -0.25) is 9.13 Å². The van der Waals surface area contributed by atoms with Gasteiger partial charge < -0.3 is 29.7 Å². The second-order valence-electron chi connectivity index (χ2n) is 7.09. The van der Waals surface area contributed by atoms with E-state index in [1.54, 1.807) is 0 Å². The summed E-state index contributed by atoms with van der Waals surface area (Å²) < 4.78 is 29.0. The van der Waals surface area contributed by atoms with E-state index in [0.29, 0.717) is 19.6 Å². The van der Waals surface area contributed by atoms with Gasteiger partial charge in [0, 0.05) is 19.4 Å². The van der Waals surface area contributed by atoms with E-state index in [2.05, 4.69) is 11.9 Å². The number of rotatable bonds is 18. The van der Waals surface area contributed by atoms with Crippen molar-refractivity contribution in [3.63, 3.8) is 0 Å². The van der Waals surface area contributed by atoms with Crippen LogP contribution in [0.4, 0.5) is 5.82 Å². The maximum atomic E-state index is 12.0. The molecule has 0 radical (unpaired) electrons. The van der Waals surface area contributed by atoms with Gasteiger partial charge in [-0.05, 0) is 18.9 Å². The molecule has 1 aromatic heterocycles. The van der Waals surface area contributed by atoms with Crippen molar-refractivity contribution in [2.24, 2.45) is 0 Å². The van der Waals surface area contributed by atoms with Gasteiger partial charge in [0.1, 0.15) is 12.2 Å². The SMILES string of the molecule is CCCCCCCCOCCCOP(=O)(O)CO[C@H](CO)Cn1ccc(N)nc1=O. The molecular formula is C19H36N3O7P. The molecule has 0 aliphatic carbocycles. The molecule has 0 aliphatic rings. The van der Waals surface area contributed by atoms with Gasteiger partial charge in [0.15, 0.2) is 0 Å². The minimum atomic E-state index is -3.97. The van der Waals surface area contributed by atoms with Crippen molar-refractivity contribution < 1.29 is 28.6 Å². The summed E-state index contributed by atoms with van der Waals surface area (Å²) in [6, 6.07) is 1.43. The first-order valence-corrected chi connectivity index (χ1v) is 12.2. The van der Waals surface area contributed by atoms with Gasteiger partial charge in [-0.2, -0.15) is 4.98 Å². The average Bonchev–Trinajstić information content (AvgIpc) is 2.70. The molecule has 0 aliphatic heterocycles. The maximum Gasteiger partial charge on any atom is 0.353 e. The number of hydrogen-bond donors (Lipinski definition) is 3. The van der Waals surface area contributed by atoms with Gasteiger partial charge in [-0.15, -0.1) is 0 Å². The van der Waals surface area contributed by atoms with E-state index in [1.165, 1.54) is 42.5 Å². The zero-order valence-electron chi connectivity index (χ0n) is 17.8. The van der Waals surface area contributed by atoms with Crippen LogP contribution in [-0.4, -0.2) is 58.4 Å². The van der Waals surface area contributed by atoms with E-state index >= 15 is 0 Å². The summed E-state index contributed by atoms with van der Waals surface area (Å²) >= 11 is 0. The largest absolute Gasteiger partial charge is 0.394 e. The minimum Gasteiger partial charge on any atom is -0.394 e. The van der Waals surface area contributed by atoms with Crippen molar-refractivity contribution in [3.05, 3.63) is 22.7 Å². The fourth-order valence-electron chi connectivity index (χ4n) is 2.66. The van der Waals surface area contributed by atoms with E-state index in [0.717, 1.165) is 12.8 Å². The van der Waals surface area contributed by atoms with E-state index in [9.17, 15) is 19.4 Å². The lowest BCUT2D eigenvalue weighted by atomic mass is 10.1. The molecule has 4 N–H and O–H groups in total. The molecule has 0 saturated heterocycles. The third-order valence-electron chi connectivity index (χ3n) is 4.34. The summed E-state index contributed by atoms with van der Waals surface area (Å²) in [5, 5.41) is 9.39. The van der Waals surface area contributed by atoms with Crippen molar-refractivity contribution in [3.8, 4) is 0 Å². The van der Waals surface area contributed by atoms with Gasteiger partial charge in [0.05, 0.1) is 25.9 Å². The third kappa shape index (κ3) is 12.4. The number of nitrogens with two attached hydrogens (primary N) is 1. The number of hydrogen-bond acceptors (Lipinski definition) is 8. The van der Waals surface area contributed by atoms with Crippen LogP contribution in [0.25, 0.3) is 0 Å². The Bertz CT molecular complexity index is 686. The number of nitrogen functional groups attached to an aromatic ring is 1. The predicted molar refractivity (Wildman–Crippen MR) is 114 cm³/mol. The first-order valence-electron chi connectivity index (χ1n) is 10.5. The molecule has 1 aromatic rings. The Kier molecular flexibility index (Phi) is 13.8. The highest BCUT2D eigenvalue weighted by Gasteiger charge is 2.22. The Hall–Kier alpha value is -1.29. The highest BCUT2D eigenvalue weighted by molar-refractivity contribution is 7.52. The maximum absolute atomic E-state index is 12.0. The molecule has 1 rings (SSSR count). The van der Waals surface area contributed by atoms with Gasteiger partial charge in [0.2, 0.25) is 0 Å². The Morgan fingerprint density at radius 1 is 1.17 bits per heavy atom. The molecule has 1 heterocycles. The average molecular weight is 449 g/mol. The van der Waals surface area contributed by atoms with Gasteiger partial charge in [0.25, 0.3) is 0 Å². The number of anilines is 1. The lowest BCUT2D eigenvalue weighted by Gasteiger charge is -2.19. The zero-order valence-corrected chi connectivity index (χ0v) is 18.7. The Morgan fingerprint density at radius 3 is 2.57 bits per heavy atom. The highest BCUT2D eigenvalue weighted by atomic mass is 31.2. The molecule has 0 aromatic carbocycles. The molecule has 0 fully saturated rings. The van der Waals surface area contributed by atoms with Crippen LogP contribution in [-0.2, 0) is 25.1 Å². The van der Waals surface area contributed by atoms with Crippen LogP contribution in [0.5, 0.6) is 0 Å². The van der Waals surface area contributed by atoms with Crippen molar-refractivity contribution in [2.75, 3.05) is 38.5 Å². The van der Waals surface area contributed by atoms with Gasteiger partial charge in [-0.25, -0.2) is 4.79 Å². The molecule has 0 saturated carbocycles. The second kappa shape index (κ2) is 15.5. The fraction of sp³-hybridized carbons (Fsp3) is 0.789. The summed E-state index contributed by atoms with van der Waals surface area (Å²) in [5.41, 5.74) is 4.82. The summed E-state index contributed by atoms with van der Waals surface area (Å²) in [5.74, 6) is 0.0851. The highest BCUT2D eigenvalue weighted by Crippen LogP contribution is 2.42. The summed E-state index contributed by atoms with van der Waals surface area (Å²) in [6.07, 6.45) is 7.64. The van der Waals surface area contributed by atoms with Crippen LogP contribution in [0.1, 0.15) is 51.9 Å². The molecular weight excluding hydrogens is 413 g/mol. The number of ether oxygens (including phenoxy) is 2. The van der Waals surface area contributed by atoms with E-state index in [1.807, 2.05) is 0 Å². The number of nitrogens with zero attached hydrogens (tertiary/aromatic N) is 2. The van der Waals surface area contributed by atoms with Crippen LogP contribution < -0.4 is 11.4 Å². The minimum absolute atomic E-state index is 0.0328. The lowest BCUT2D eigenvalue weighted by molar-refractivity contribution is 0.0162. The third-order valence-corrected chi connectivity index (χ3v) is 5.40. The van der Waals surface area contributed by atoms with Crippen LogP contribution in [0.3, 0.4) is 0 Å². The number of aliphatic hydroxyl groups excluding tert-OH is 1. The summed E-state index contributed by atoms with van der Waals surface area (Å²) in [4.78, 5) is 25.1. The molecule has 10 nitrogen and oxygen atoms in total. The standard InChI is InChI=1S/C19H36N3O7P/c1-2-3-4-5-6-7-11-27-12-8-13-29-30(25,26)16-28-17(15-23)14-22-10-9-18(20)21-19(22)24/h9-10,17,23H,2-8,11-16H2,1H3,(H,25,26)(H2,20,21,24)/t17-/m0/s1. The molecule has 0 bridgehead atoms. The smallest absolute Gasteiger partial charge is 0.353 e. The normalized spacial score (nSPS) is 14.5. The summed E-state index contributed by atoms with van der Waals surface area (Å²) in [6.45, 7) is 2.93. The summed E-state index contributed by atoms with van der Waals surface area (Å²) in [7, 11) is -3.97. The van der Waals surface area contributed by atoms with Crippen molar-refractivity contribution >= 4 is 13.4 Å². The Balaban J connectivity index is 2.17. The van der Waals surface area contributed by atoms with E-state index < -0.39 is 32.3 Å². The first-order chi connectivity index (χ1) is 14.4. The van der Waals surface area contributed by atoms with Crippen LogP contribution >= 0.6 is 7.60 Å². The predicted octanol–water partition coefficient (Wildman–Crippen LogP) is 2.13. The van der Waals surface area contributed by atoms with Crippen LogP contribution in [0, 0.1) is 0 Å². The van der Waals surface area contributed by atoms with Gasteiger partial charge >= 0.3 is 13.3 Å². The first kappa shape index (κ1) is 26.7. The fourth-order valence-corrected chi connectivity index (χ4v) is 3.54. The zero-order chi connectivity index (χ0) is 22.2. The molecule has 0 spiro atoms. The lowest BCUT2D eigenvalue weighted by Crippen LogP contribution is -2.32. The van der Waals surface area contributed by atoms with E-state index in [-0.39, 0.29) is 19.0 Å². The molecule has 11 heteroatoms. The monoisotopic (exact) mass is 449 g/mol. The van der Waals surface area contributed by atoms with Crippen LogP contribution in [0.15, 0.2) is 17.1 Å². The Labute approximate surface area is 177 Å². The Morgan fingerprint density at radius 2 is 1.87 bits per heavy atom. The molecule has 30 heavy (non-hydrogen) atoms. The quantitative estimate of drug-likeness (QED) is 0.226.